The van der Waals surface area contributed by atoms with Crippen molar-refractivity contribution in [1.82, 2.24) is 14.8 Å². The van der Waals surface area contributed by atoms with Gasteiger partial charge in [-0.15, -0.1) is 0 Å². The van der Waals surface area contributed by atoms with Crippen LogP contribution in [0.25, 0.3) is 0 Å². The number of hydrogen-bond acceptors (Lipinski definition) is 6. The minimum absolute atomic E-state index is 0.00745. The number of amides is 3. The number of thiazole rings is 1. The Labute approximate surface area is 190 Å². The van der Waals surface area contributed by atoms with Crippen LogP contribution in [0.3, 0.4) is 0 Å². The number of benzene rings is 1. The molecule has 0 radical (unpaired) electrons. The minimum Gasteiger partial charge on any atom is -0.370 e. The second-order valence-electron chi connectivity index (χ2n) is 7.51. The second-order valence-corrected chi connectivity index (χ2v) is 8.51. The Bertz CT molecular complexity index is 1010. The molecule has 11 heteroatoms. The molecule has 5 N–H and O–H groups in total. The van der Waals surface area contributed by atoms with Crippen LogP contribution in [0, 0.1) is 5.41 Å². The van der Waals surface area contributed by atoms with Crippen molar-refractivity contribution in [3.8, 4) is 0 Å². The highest BCUT2D eigenvalue weighted by Gasteiger charge is 2.27. The third kappa shape index (κ3) is 6.03. The largest absolute Gasteiger partial charge is 0.370 e. The molecule has 3 amide bonds. The van der Waals surface area contributed by atoms with Gasteiger partial charge >= 0.3 is 0 Å². The summed E-state index contributed by atoms with van der Waals surface area (Å²) in [6.07, 6.45) is 1.19. The Morgan fingerprint density at radius 1 is 1.03 bits per heavy atom. The number of guanidine groups is 1. The molecule has 1 aliphatic rings. The number of carbonyl (C=O) groups is 3. The van der Waals surface area contributed by atoms with Crippen LogP contribution in [-0.4, -0.2) is 64.6 Å². The summed E-state index contributed by atoms with van der Waals surface area (Å²) in [5.74, 6) is -0.489. The lowest BCUT2D eigenvalue weighted by Gasteiger charge is -2.34. The van der Waals surface area contributed by atoms with Gasteiger partial charge in [-0.3, -0.25) is 19.8 Å². The summed E-state index contributed by atoms with van der Waals surface area (Å²) in [5.41, 5.74) is 7.75. The molecule has 10 nitrogen and oxygen atoms in total. The van der Waals surface area contributed by atoms with Gasteiger partial charge in [-0.25, -0.2) is 4.98 Å². The Balaban J connectivity index is 1.72. The Hall–Kier alpha value is -3.47. The average molecular weight is 458 g/mol. The number of nitrogens with one attached hydrogen (secondary N) is 3. The van der Waals surface area contributed by atoms with Crippen LogP contribution < -0.4 is 16.4 Å². The Kier molecular flexibility index (Phi) is 7.41. The topological polar surface area (TPSA) is 145 Å². The molecule has 170 valence electrons. The van der Waals surface area contributed by atoms with E-state index in [1.165, 1.54) is 25.2 Å². The van der Waals surface area contributed by atoms with Crippen molar-refractivity contribution in [2.24, 2.45) is 5.73 Å². The summed E-state index contributed by atoms with van der Waals surface area (Å²) < 4.78 is 0. The molecule has 0 bridgehead atoms. The number of hydrogen-bond donors (Lipinski definition) is 4. The molecule has 0 spiro atoms. The van der Waals surface area contributed by atoms with E-state index in [9.17, 15) is 14.4 Å². The zero-order chi connectivity index (χ0) is 23.3. The van der Waals surface area contributed by atoms with Gasteiger partial charge in [0.15, 0.2) is 11.1 Å². The molecule has 2 heterocycles. The molecule has 0 unspecified atom stereocenters. The zero-order valence-corrected chi connectivity index (χ0v) is 18.9. The van der Waals surface area contributed by atoms with E-state index in [2.05, 4.69) is 15.6 Å². The quantitative estimate of drug-likeness (QED) is 0.382. The van der Waals surface area contributed by atoms with Gasteiger partial charge in [0.05, 0.1) is 5.69 Å². The molecule has 0 aliphatic carbocycles. The highest BCUT2D eigenvalue weighted by atomic mass is 32.1. The molecule has 1 aromatic heterocycles. The van der Waals surface area contributed by atoms with Crippen LogP contribution in [0.15, 0.2) is 24.3 Å². The second kappa shape index (κ2) is 10.2. The Morgan fingerprint density at radius 3 is 2.22 bits per heavy atom. The van der Waals surface area contributed by atoms with Crippen molar-refractivity contribution < 1.29 is 14.4 Å². The standard InChI is InChI=1S/C21H27N7O3S/c1-13(29)24-21-26-17(8-5-15-3-6-16(7-4-15)25-20(22)23)18(32-21)19(31)28-11-9-27(10-12-28)14(2)30/h3-4,6-7H,5,8-12H2,1-2H3,(H4,22,23,25)(H,24,26,29). The lowest BCUT2D eigenvalue weighted by atomic mass is 10.1. The van der Waals surface area contributed by atoms with E-state index in [1.807, 2.05) is 24.3 Å². The van der Waals surface area contributed by atoms with Gasteiger partial charge in [-0.1, -0.05) is 23.5 Å². The third-order valence-corrected chi connectivity index (χ3v) is 6.07. The maximum absolute atomic E-state index is 13.2. The molecule has 2 aromatic rings. The number of rotatable bonds is 6. The van der Waals surface area contributed by atoms with Crippen LogP contribution in [0.2, 0.25) is 0 Å². The number of carbonyl (C=O) groups excluding carboxylic acids is 3. The molecule has 1 fully saturated rings. The van der Waals surface area contributed by atoms with E-state index in [0.717, 1.165) is 11.3 Å². The van der Waals surface area contributed by atoms with Crippen LogP contribution in [0.1, 0.15) is 34.8 Å². The average Bonchev–Trinajstić information content (AvgIpc) is 3.14. The maximum Gasteiger partial charge on any atom is 0.266 e. The highest BCUT2D eigenvalue weighted by molar-refractivity contribution is 7.17. The summed E-state index contributed by atoms with van der Waals surface area (Å²) in [7, 11) is 0. The number of anilines is 2. The fourth-order valence-corrected chi connectivity index (χ4v) is 4.46. The van der Waals surface area contributed by atoms with Crippen LogP contribution in [0.5, 0.6) is 0 Å². The smallest absolute Gasteiger partial charge is 0.266 e. The predicted octanol–water partition coefficient (Wildman–Crippen LogP) is 1.50. The van der Waals surface area contributed by atoms with Crippen LogP contribution in [0.4, 0.5) is 10.8 Å². The van der Waals surface area contributed by atoms with Crippen LogP contribution >= 0.6 is 11.3 Å². The van der Waals surface area contributed by atoms with Crippen molar-refractivity contribution in [2.45, 2.75) is 26.7 Å². The maximum atomic E-state index is 13.2. The molecule has 1 aromatic carbocycles. The van der Waals surface area contributed by atoms with Crippen molar-refractivity contribution in [3.05, 3.63) is 40.4 Å². The number of piperazine rings is 1. The summed E-state index contributed by atoms with van der Waals surface area (Å²) in [5, 5.41) is 13.1. The van der Waals surface area contributed by atoms with E-state index in [-0.39, 0.29) is 23.7 Å². The summed E-state index contributed by atoms with van der Waals surface area (Å²) >= 11 is 1.18. The number of nitrogens with two attached hydrogens (primary N) is 1. The number of aromatic nitrogens is 1. The van der Waals surface area contributed by atoms with Gasteiger partial charge < -0.3 is 26.2 Å². The van der Waals surface area contributed by atoms with Crippen molar-refractivity contribution in [3.63, 3.8) is 0 Å². The first kappa shape index (κ1) is 23.2. The van der Waals surface area contributed by atoms with E-state index in [1.54, 1.807) is 9.80 Å². The first-order chi connectivity index (χ1) is 15.2. The lowest BCUT2D eigenvalue weighted by Crippen LogP contribution is -2.50. The molecule has 1 aliphatic heterocycles. The number of nitrogens with zero attached hydrogens (tertiary/aromatic N) is 3. The fraction of sp³-hybridized carbons (Fsp3) is 0.381. The van der Waals surface area contributed by atoms with E-state index < -0.39 is 0 Å². The monoisotopic (exact) mass is 457 g/mol. The molecule has 1 saturated heterocycles. The van der Waals surface area contributed by atoms with Gasteiger partial charge in [-0.05, 0) is 30.5 Å². The summed E-state index contributed by atoms with van der Waals surface area (Å²) in [4.78, 5) is 44.7. The molecule has 0 saturated carbocycles. The van der Waals surface area contributed by atoms with Crippen molar-refractivity contribution >= 4 is 45.8 Å². The van der Waals surface area contributed by atoms with Gasteiger partial charge in [0.1, 0.15) is 4.88 Å². The van der Waals surface area contributed by atoms with E-state index in [4.69, 9.17) is 11.1 Å². The van der Waals surface area contributed by atoms with Gasteiger partial charge in [-0.2, -0.15) is 0 Å². The van der Waals surface area contributed by atoms with Gasteiger partial charge in [0.25, 0.3) is 5.91 Å². The van der Waals surface area contributed by atoms with Gasteiger partial charge in [0, 0.05) is 45.7 Å². The normalized spacial score (nSPS) is 13.6. The van der Waals surface area contributed by atoms with E-state index in [0.29, 0.717) is 54.7 Å². The fourth-order valence-electron chi connectivity index (χ4n) is 3.43. The number of aryl methyl sites for hydroxylation is 2. The van der Waals surface area contributed by atoms with E-state index >= 15 is 0 Å². The van der Waals surface area contributed by atoms with Crippen LogP contribution in [-0.2, 0) is 22.4 Å². The molecular formula is C21H27N7O3S. The first-order valence-corrected chi connectivity index (χ1v) is 11.1. The summed E-state index contributed by atoms with van der Waals surface area (Å²) in [6.45, 7) is 4.88. The van der Waals surface area contributed by atoms with Crippen molar-refractivity contribution in [1.29, 1.82) is 5.41 Å². The van der Waals surface area contributed by atoms with Crippen molar-refractivity contribution in [2.75, 3.05) is 36.8 Å². The molecule has 3 rings (SSSR count). The first-order valence-electron chi connectivity index (χ1n) is 10.2. The Morgan fingerprint density at radius 2 is 1.66 bits per heavy atom. The molecule has 0 atom stereocenters. The minimum atomic E-state index is -0.243. The molecular weight excluding hydrogens is 430 g/mol. The predicted molar refractivity (Wildman–Crippen MR) is 124 cm³/mol. The SMILES string of the molecule is CC(=O)Nc1nc(CCc2ccc(NC(=N)N)cc2)c(C(=O)N2CCN(C(C)=O)CC2)s1. The highest BCUT2D eigenvalue weighted by Crippen LogP contribution is 2.26. The molecule has 32 heavy (non-hydrogen) atoms. The zero-order valence-electron chi connectivity index (χ0n) is 18.1. The third-order valence-electron chi connectivity index (χ3n) is 5.07. The van der Waals surface area contributed by atoms with Gasteiger partial charge in [0.2, 0.25) is 11.8 Å². The summed E-state index contributed by atoms with van der Waals surface area (Å²) in [6, 6.07) is 7.52. The lowest BCUT2D eigenvalue weighted by molar-refractivity contribution is -0.130.